The molecule has 0 bridgehead atoms. The lowest BCUT2D eigenvalue weighted by molar-refractivity contribution is 0.274. The minimum Gasteiger partial charge on any atom is -0.316 e. The third-order valence-electron chi connectivity index (χ3n) is 4.29. The number of hydrogen-bond acceptors (Lipinski definition) is 2. The van der Waals surface area contributed by atoms with Crippen LogP contribution in [0, 0.1) is 5.82 Å². The molecule has 0 radical (unpaired) electrons. The number of nitrogens with one attached hydrogen (secondary N) is 1. The summed E-state index contributed by atoms with van der Waals surface area (Å²) < 4.78 is 13.2. The minimum absolute atomic E-state index is 0.180. The topological polar surface area (TPSA) is 15.3 Å². The Bertz CT molecular complexity index is 568. The van der Waals surface area contributed by atoms with Crippen LogP contribution in [0.2, 0.25) is 0 Å². The number of rotatable bonds is 4. The van der Waals surface area contributed by atoms with Gasteiger partial charge in [0.15, 0.2) is 0 Å². The van der Waals surface area contributed by atoms with Crippen LogP contribution < -0.4 is 5.32 Å². The summed E-state index contributed by atoms with van der Waals surface area (Å²) in [5.74, 6) is -0.180. The third-order valence-corrected chi connectivity index (χ3v) is 4.29. The van der Waals surface area contributed by atoms with Crippen LogP contribution in [0.4, 0.5) is 4.39 Å². The summed E-state index contributed by atoms with van der Waals surface area (Å²) in [6.45, 7) is 2.08. The summed E-state index contributed by atoms with van der Waals surface area (Å²) in [6, 6.07) is 18.1. The number of nitrogens with zero attached hydrogens (tertiary/aromatic N) is 1. The van der Waals surface area contributed by atoms with Crippen molar-refractivity contribution in [2.45, 2.75) is 18.5 Å². The average molecular weight is 284 g/mol. The Morgan fingerprint density at radius 2 is 1.71 bits per heavy atom. The molecule has 2 unspecified atom stereocenters. The Morgan fingerprint density at radius 3 is 2.33 bits per heavy atom. The second-order valence-electron chi connectivity index (χ2n) is 5.63. The normalized spacial score (nSPS) is 20.6. The summed E-state index contributed by atoms with van der Waals surface area (Å²) in [5.41, 5.74) is 2.42. The van der Waals surface area contributed by atoms with Gasteiger partial charge in [0, 0.05) is 19.1 Å². The molecule has 1 saturated heterocycles. The zero-order chi connectivity index (χ0) is 14.7. The summed E-state index contributed by atoms with van der Waals surface area (Å²) in [6.07, 6.45) is 1.15. The van der Waals surface area contributed by atoms with Crippen molar-refractivity contribution in [2.24, 2.45) is 0 Å². The molecule has 1 heterocycles. The Morgan fingerprint density at radius 1 is 1.05 bits per heavy atom. The molecule has 1 aliphatic heterocycles. The molecule has 1 aliphatic rings. The van der Waals surface area contributed by atoms with E-state index in [2.05, 4.69) is 34.5 Å². The summed E-state index contributed by atoms with van der Waals surface area (Å²) >= 11 is 0. The smallest absolute Gasteiger partial charge is 0.123 e. The monoisotopic (exact) mass is 284 g/mol. The minimum atomic E-state index is -0.180. The second-order valence-corrected chi connectivity index (χ2v) is 5.63. The fourth-order valence-electron chi connectivity index (χ4n) is 3.15. The van der Waals surface area contributed by atoms with Gasteiger partial charge in [0.2, 0.25) is 0 Å². The molecule has 2 atom stereocenters. The highest BCUT2D eigenvalue weighted by Gasteiger charge is 2.29. The van der Waals surface area contributed by atoms with E-state index in [1.807, 2.05) is 25.2 Å². The van der Waals surface area contributed by atoms with Crippen molar-refractivity contribution >= 4 is 0 Å². The molecule has 1 N–H and O–H groups in total. The van der Waals surface area contributed by atoms with E-state index in [-0.39, 0.29) is 11.9 Å². The van der Waals surface area contributed by atoms with Crippen LogP contribution in [0.5, 0.6) is 0 Å². The first-order valence-corrected chi connectivity index (χ1v) is 7.49. The first-order valence-electron chi connectivity index (χ1n) is 7.49. The number of hydrogen-bond donors (Lipinski definition) is 1. The molecule has 1 fully saturated rings. The molecule has 0 spiro atoms. The highest BCUT2D eigenvalue weighted by molar-refractivity contribution is 5.32. The van der Waals surface area contributed by atoms with Crippen LogP contribution in [0.1, 0.15) is 23.6 Å². The van der Waals surface area contributed by atoms with Crippen molar-refractivity contribution in [2.75, 3.05) is 20.1 Å². The van der Waals surface area contributed by atoms with Crippen molar-refractivity contribution in [1.82, 2.24) is 10.2 Å². The fourth-order valence-corrected chi connectivity index (χ4v) is 3.15. The van der Waals surface area contributed by atoms with Crippen molar-refractivity contribution < 1.29 is 4.39 Å². The maximum atomic E-state index is 13.2. The Balaban J connectivity index is 1.94. The van der Waals surface area contributed by atoms with Crippen LogP contribution >= 0.6 is 0 Å². The van der Waals surface area contributed by atoms with Crippen LogP contribution in [0.25, 0.3) is 0 Å². The first-order chi connectivity index (χ1) is 10.3. The van der Waals surface area contributed by atoms with E-state index in [9.17, 15) is 4.39 Å². The molecule has 110 valence electrons. The number of likely N-dealkylation sites (tertiary alicyclic amines) is 1. The van der Waals surface area contributed by atoms with Gasteiger partial charge >= 0.3 is 0 Å². The highest BCUT2D eigenvalue weighted by atomic mass is 19.1. The lowest BCUT2D eigenvalue weighted by Gasteiger charge is -2.29. The molecule has 2 aromatic rings. The predicted octanol–water partition coefficient (Wildman–Crippen LogP) is 3.21. The predicted molar refractivity (Wildman–Crippen MR) is 83.7 cm³/mol. The van der Waals surface area contributed by atoms with Gasteiger partial charge in [0.1, 0.15) is 5.82 Å². The molecule has 3 rings (SSSR count). The van der Waals surface area contributed by atoms with E-state index in [4.69, 9.17) is 0 Å². The fraction of sp³-hybridized carbons (Fsp3) is 0.333. The Hall–Kier alpha value is -1.71. The van der Waals surface area contributed by atoms with Gasteiger partial charge < -0.3 is 5.32 Å². The molecule has 21 heavy (non-hydrogen) atoms. The van der Waals surface area contributed by atoms with Crippen LogP contribution in [-0.2, 0) is 0 Å². The maximum Gasteiger partial charge on any atom is 0.123 e. The molecular formula is C18H21FN2. The van der Waals surface area contributed by atoms with Gasteiger partial charge in [-0.1, -0.05) is 42.5 Å². The van der Waals surface area contributed by atoms with E-state index >= 15 is 0 Å². The van der Waals surface area contributed by atoms with Crippen molar-refractivity contribution in [1.29, 1.82) is 0 Å². The van der Waals surface area contributed by atoms with Crippen molar-refractivity contribution in [3.05, 3.63) is 71.5 Å². The van der Waals surface area contributed by atoms with Gasteiger partial charge in [-0.05, 0) is 36.7 Å². The van der Waals surface area contributed by atoms with E-state index in [1.165, 1.54) is 5.56 Å². The molecule has 3 heteroatoms. The Kier molecular flexibility index (Phi) is 4.32. The van der Waals surface area contributed by atoms with E-state index in [0.29, 0.717) is 6.04 Å². The summed E-state index contributed by atoms with van der Waals surface area (Å²) in [7, 11) is 2.02. The molecular weight excluding hydrogens is 263 g/mol. The summed E-state index contributed by atoms with van der Waals surface area (Å²) in [5, 5.41) is 3.36. The Labute approximate surface area is 125 Å². The zero-order valence-electron chi connectivity index (χ0n) is 12.3. The van der Waals surface area contributed by atoms with Gasteiger partial charge in [0.05, 0.1) is 6.04 Å². The SMILES string of the molecule is CNC1CCN(C(c2ccccc2)c2ccc(F)cc2)C1. The molecule has 0 saturated carbocycles. The molecule has 0 aliphatic carbocycles. The standard InChI is InChI=1S/C18H21FN2/c1-20-17-11-12-21(13-17)18(14-5-3-2-4-6-14)15-7-9-16(19)10-8-15/h2-10,17-18,20H,11-13H2,1H3. The third kappa shape index (κ3) is 3.14. The van der Waals surface area contributed by atoms with E-state index < -0.39 is 0 Å². The second kappa shape index (κ2) is 6.37. The van der Waals surface area contributed by atoms with Gasteiger partial charge in [-0.3, -0.25) is 4.90 Å². The van der Waals surface area contributed by atoms with Crippen LogP contribution in [-0.4, -0.2) is 31.1 Å². The molecule has 0 amide bonds. The number of likely N-dealkylation sites (N-methyl/N-ethyl adjacent to an activating group) is 1. The largest absolute Gasteiger partial charge is 0.316 e. The number of halogens is 1. The van der Waals surface area contributed by atoms with Crippen LogP contribution in [0.3, 0.4) is 0 Å². The lowest BCUT2D eigenvalue weighted by atomic mass is 9.97. The van der Waals surface area contributed by atoms with Crippen LogP contribution in [0.15, 0.2) is 54.6 Å². The average Bonchev–Trinajstić information content (AvgIpc) is 2.99. The van der Waals surface area contributed by atoms with Gasteiger partial charge in [-0.25, -0.2) is 4.39 Å². The molecule has 0 aromatic heterocycles. The molecule has 2 nitrogen and oxygen atoms in total. The van der Waals surface area contributed by atoms with Gasteiger partial charge in [-0.2, -0.15) is 0 Å². The zero-order valence-corrected chi connectivity index (χ0v) is 12.3. The first kappa shape index (κ1) is 14.2. The van der Waals surface area contributed by atoms with E-state index in [0.717, 1.165) is 25.1 Å². The molecule has 2 aromatic carbocycles. The number of benzene rings is 2. The van der Waals surface area contributed by atoms with E-state index in [1.54, 1.807) is 12.1 Å². The van der Waals surface area contributed by atoms with Gasteiger partial charge in [0.25, 0.3) is 0 Å². The van der Waals surface area contributed by atoms with Crippen molar-refractivity contribution in [3.63, 3.8) is 0 Å². The highest BCUT2D eigenvalue weighted by Crippen LogP contribution is 2.31. The summed E-state index contributed by atoms with van der Waals surface area (Å²) in [4.78, 5) is 2.48. The van der Waals surface area contributed by atoms with Gasteiger partial charge in [-0.15, -0.1) is 0 Å². The van der Waals surface area contributed by atoms with Crippen molar-refractivity contribution in [3.8, 4) is 0 Å². The lowest BCUT2D eigenvalue weighted by Crippen LogP contribution is -2.32. The maximum absolute atomic E-state index is 13.2. The quantitative estimate of drug-likeness (QED) is 0.927.